The number of hydrogen-bond acceptors (Lipinski definition) is 3. The summed E-state index contributed by atoms with van der Waals surface area (Å²) in [5.41, 5.74) is 7.54. The first-order valence-corrected chi connectivity index (χ1v) is 7.68. The molecule has 2 N–H and O–H groups in total. The molecule has 0 aliphatic heterocycles. The van der Waals surface area contributed by atoms with Crippen LogP contribution in [0.25, 0.3) is 10.9 Å². The Kier molecular flexibility index (Phi) is 4.43. The normalized spacial score (nSPS) is 10.5. The van der Waals surface area contributed by atoms with Gasteiger partial charge in [0.15, 0.2) is 0 Å². The van der Waals surface area contributed by atoms with Crippen molar-refractivity contribution < 1.29 is 14.0 Å². The van der Waals surface area contributed by atoms with Crippen LogP contribution >= 0.6 is 0 Å². The van der Waals surface area contributed by atoms with Crippen LogP contribution in [0.4, 0.5) is 4.39 Å². The molecule has 0 aliphatic rings. The number of pyridine rings is 1. The summed E-state index contributed by atoms with van der Waals surface area (Å²) in [6, 6.07) is 12.7. The third-order valence-corrected chi connectivity index (χ3v) is 3.82. The highest BCUT2D eigenvalue weighted by Gasteiger charge is 2.13. The summed E-state index contributed by atoms with van der Waals surface area (Å²) in [4.78, 5) is 28.7. The number of aryl methyl sites for hydroxylation is 2. The number of rotatable bonds is 2. The number of benzene rings is 2. The second kappa shape index (κ2) is 6.68. The van der Waals surface area contributed by atoms with Gasteiger partial charge in [0.05, 0.1) is 16.8 Å². The van der Waals surface area contributed by atoms with Crippen molar-refractivity contribution in [1.29, 1.82) is 0 Å². The van der Waals surface area contributed by atoms with Crippen LogP contribution in [0.2, 0.25) is 0 Å². The van der Waals surface area contributed by atoms with Crippen LogP contribution in [0.1, 0.15) is 32.0 Å². The lowest BCUT2D eigenvalue weighted by Crippen LogP contribution is -2.41. The number of carbonyl (C=O) groups is 2. The van der Waals surface area contributed by atoms with Crippen molar-refractivity contribution >= 4 is 22.7 Å². The highest BCUT2D eigenvalue weighted by molar-refractivity contribution is 6.01. The van der Waals surface area contributed by atoms with Gasteiger partial charge >= 0.3 is 0 Å². The molecule has 0 spiro atoms. The maximum absolute atomic E-state index is 13.4. The molecule has 1 heterocycles. The molecule has 3 rings (SSSR count). The number of carbonyl (C=O) groups excluding carboxylic acids is 2. The van der Waals surface area contributed by atoms with Gasteiger partial charge in [-0.25, -0.2) is 4.39 Å². The molecule has 3 aromatic rings. The zero-order chi connectivity index (χ0) is 18.0. The van der Waals surface area contributed by atoms with E-state index in [0.717, 1.165) is 5.56 Å². The molecule has 5 nitrogen and oxygen atoms in total. The number of halogens is 1. The first kappa shape index (κ1) is 16.6. The zero-order valence-electron chi connectivity index (χ0n) is 13.8. The Balaban J connectivity index is 1.76. The Labute approximate surface area is 143 Å². The van der Waals surface area contributed by atoms with Crippen molar-refractivity contribution in [3.05, 3.63) is 76.7 Å². The largest absolute Gasteiger partial charge is 0.271 e. The SMILES string of the molecule is Cc1ccc(C(=O)NNC(=O)c2cc3cc(F)ccc3nc2C)cc1. The summed E-state index contributed by atoms with van der Waals surface area (Å²) >= 11 is 0. The van der Waals surface area contributed by atoms with Gasteiger partial charge < -0.3 is 0 Å². The van der Waals surface area contributed by atoms with Crippen LogP contribution in [0.3, 0.4) is 0 Å². The Hall–Kier alpha value is -3.28. The number of nitrogens with one attached hydrogen (secondary N) is 2. The first-order valence-electron chi connectivity index (χ1n) is 7.68. The van der Waals surface area contributed by atoms with Crippen LogP contribution in [-0.4, -0.2) is 16.8 Å². The number of nitrogens with zero attached hydrogens (tertiary/aromatic N) is 1. The summed E-state index contributed by atoms with van der Waals surface area (Å²) in [6.45, 7) is 3.60. The van der Waals surface area contributed by atoms with Crippen LogP contribution in [0.15, 0.2) is 48.5 Å². The van der Waals surface area contributed by atoms with Crippen molar-refractivity contribution in [3.63, 3.8) is 0 Å². The maximum Gasteiger partial charge on any atom is 0.271 e. The molecule has 2 aromatic carbocycles. The van der Waals surface area contributed by atoms with E-state index in [1.165, 1.54) is 12.1 Å². The van der Waals surface area contributed by atoms with E-state index in [1.54, 1.807) is 31.2 Å². The van der Waals surface area contributed by atoms with E-state index in [0.29, 0.717) is 22.2 Å². The van der Waals surface area contributed by atoms with Gasteiger partial charge in [0, 0.05) is 10.9 Å². The lowest BCUT2D eigenvalue weighted by atomic mass is 10.1. The molecule has 1 aromatic heterocycles. The number of hydrazine groups is 1. The van der Waals surface area contributed by atoms with E-state index in [9.17, 15) is 14.0 Å². The molecular weight excluding hydrogens is 321 g/mol. The molecule has 0 fully saturated rings. The minimum Gasteiger partial charge on any atom is -0.267 e. The van der Waals surface area contributed by atoms with Crippen molar-refractivity contribution in [1.82, 2.24) is 15.8 Å². The summed E-state index contributed by atoms with van der Waals surface area (Å²) in [5.74, 6) is -1.35. The van der Waals surface area contributed by atoms with E-state index >= 15 is 0 Å². The van der Waals surface area contributed by atoms with Crippen LogP contribution in [0.5, 0.6) is 0 Å². The van der Waals surface area contributed by atoms with Crippen LogP contribution in [0, 0.1) is 19.7 Å². The monoisotopic (exact) mass is 337 g/mol. The summed E-state index contributed by atoms with van der Waals surface area (Å²) in [6.07, 6.45) is 0. The lowest BCUT2D eigenvalue weighted by molar-refractivity contribution is 0.0846. The van der Waals surface area contributed by atoms with Crippen molar-refractivity contribution in [3.8, 4) is 0 Å². The van der Waals surface area contributed by atoms with Crippen LogP contribution < -0.4 is 10.9 Å². The van der Waals surface area contributed by atoms with E-state index in [-0.39, 0.29) is 5.56 Å². The molecule has 2 amide bonds. The smallest absolute Gasteiger partial charge is 0.267 e. The van der Waals surface area contributed by atoms with Crippen LogP contribution in [-0.2, 0) is 0 Å². The van der Waals surface area contributed by atoms with Crippen molar-refractivity contribution in [2.24, 2.45) is 0 Å². The molecule has 0 aliphatic carbocycles. The average Bonchev–Trinajstić information content (AvgIpc) is 2.59. The van der Waals surface area contributed by atoms with Gasteiger partial charge in [0.2, 0.25) is 0 Å². The van der Waals surface area contributed by atoms with Gasteiger partial charge in [0.1, 0.15) is 5.82 Å². The van der Waals surface area contributed by atoms with Gasteiger partial charge in [-0.1, -0.05) is 17.7 Å². The van der Waals surface area contributed by atoms with E-state index in [2.05, 4.69) is 15.8 Å². The van der Waals surface area contributed by atoms with E-state index in [1.807, 2.05) is 19.1 Å². The Morgan fingerprint density at radius 2 is 1.60 bits per heavy atom. The molecule has 25 heavy (non-hydrogen) atoms. The summed E-state index contributed by atoms with van der Waals surface area (Å²) in [7, 11) is 0. The quantitative estimate of drug-likeness (QED) is 0.706. The summed E-state index contributed by atoms with van der Waals surface area (Å²) in [5, 5.41) is 0.514. The number of amides is 2. The van der Waals surface area contributed by atoms with Gasteiger partial charge in [-0.05, 0) is 50.2 Å². The molecule has 0 bridgehead atoms. The second-order valence-electron chi connectivity index (χ2n) is 5.73. The van der Waals surface area contributed by atoms with E-state index < -0.39 is 17.6 Å². The molecule has 0 saturated carbocycles. The predicted octanol–water partition coefficient (Wildman–Crippen LogP) is 3.07. The maximum atomic E-state index is 13.4. The number of fused-ring (bicyclic) bond motifs is 1. The topological polar surface area (TPSA) is 71.1 Å². The van der Waals surface area contributed by atoms with Gasteiger partial charge in [-0.2, -0.15) is 0 Å². The molecular formula is C19H16FN3O2. The summed E-state index contributed by atoms with van der Waals surface area (Å²) < 4.78 is 13.4. The molecule has 6 heteroatoms. The average molecular weight is 337 g/mol. The minimum atomic E-state index is -0.517. The van der Waals surface area contributed by atoms with Gasteiger partial charge in [-0.3, -0.25) is 25.4 Å². The Morgan fingerprint density at radius 3 is 2.32 bits per heavy atom. The predicted molar refractivity (Wildman–Crippen MR) is 92.5 cm³/mol. The lowest BCUT2D eigenvalue weighted by Gasteiger charge is -2.10. The van der Waals surface area contributed by atoms with Gasteiger partial charge in [0.25, 0.3) is 11.8 Å². The fourth-order valence-corrected chi connectivity index (χ4v) is 2.43. The first-order chi connectivity index (χ1) is 11.9. The number of aromatic nitrogens is 1. The highest BCUT2D eigenvalue weighted by atomic mass is 19.1. The van der Waals surface area contributed by atoms with E-state index in [4.69, 9.17) is 0 Å². The fourth-order valence-electron chi connectivity index (χ4n) is 2.43. The zero-order valence-corrected chi connectivity index (χ0v) is 13.8. The second-order valence-corrected chi connectivity index (χ2v) is 5.73. The molecule has 0 atom stereocenters. The fraction of sp³-hybridized carbons (Fsp3) is 0.105. The third kappa shape index (κ3) is 3.63. The third-order valence-electron chi connectivity index (χ3n) is 3.82. The number of hydrogen-bond donors (Lipinski definition) is 2. The highest BCUT2D eigenvalue weighted by Crippen LogP contribution is 2.17. The Morgan fingerprint density at radius 1 is 0.920 bits per heavy atom. The molecule has 126 valence electrons. The van der Waals surface area contributed by atoms with Crippen molar-refractivity contribution in [2.45, 2.75) is 13.8 Å². The Bertz CT molecular complexity index is 968. The minimum absolute atomic E-state index is 0.266. The molecule has 0 unspecified atom stereocenters. The van der Waals surface area contributed by atoms with Crippen molar-refractivity contribution in [2.75, 3.05) is 0 Å². The molecule has 0 saturated heterocycles. The van der Waals surface area contributed by atoms with Gasteiger partial charge in [-0.15, -0.1) is 0 Å². The standard InChI is InChI=1S/C19H16FN3O2/c1-11-3-5-13(6-4-11)18(24)22-23-19(25)16-10-14-9-15(20)7-8-17(14)21-12(16)2/h3-10H,1-2H3,(H,22,24)(H,23,25). The molecule has 0 radical (unpaired) electrons.